The van der Waals surface area contributed by atoms with Crippen LogP contribution >= 0.6 is 0 Å². The highest BCUT2D eigenvalue weighted by molar-refractivity contribution is 6.03. The van der Waals surface area contributed by atoms with Crippen LogP contribution in [0.25, 0.3) is 86.9 Å². The number of fused-ring (bicyclic) bond motifs is 4. The third-order valence-corrected chi connectivity index (χ3v) is 29.7. The molecule has 704 valence electrons. The lowest BCUT2D eigenvalue weighted by atomic mass is 9.79. The SMILES string of the molecule is C1=CC(c2ccccc2)(N(c2ccccc2)c2cccc3ccccc23)C=CC1c1ccc(N(c2ccccc2)c2cccc3ccccc23)cc1.c1ccc(N(c2ccc(-c3ccc(N(c4ccccc4)c4ccc5cccc6c5c4CC6)cc3)cc2)c2ccc3cccc4c3c2CC4)cc1.c1ccc(N(c2ccc(-c3ccc(N(c4ccccc4)c4ccc5ccccc5c4)cc3)cc2)c2ccc3ccccc3c2)cc1. The first kappa shape index (κ1) is 90.4. The largest absolute Gasteiger partial charge is 0.324 e. The quantitative estimate of drug-likeness (QED) is 0.0626. The molecular weight excluding hydrogens is 1790 g/mol. The monoisotopic (exact) mass is 1890 g/mol. The van der Waals surface area contributed by atoms with E-state index in [4.69, 9.17) is 0 Å². The number of benzene rings is 24. The summed E-state index contributed by atoms with van der Waals surface area (Å²) in [6.45, 7) is 0. The maximum absolute atomic E-state index is 2.50. The van der Waals surface area contributed by atoms with E-state index in [1.807, 2.05) is 0 Å². The van der Waals surface area contributed by atoms with E-state index < -0.39 is 5.54 Å². The minimum absolute atomic E-state index is 0.124. The zero-order valence-electron chi connectivity index (χ0n) is 82.1. The molecule has 0 N–H and O–H groups in total. The van der Waals surface area contributed by atoms with Gasteiger partial charge in [-0.2, -0.15) is 0 Å². The van der Waals surface area contributed by atoms with Gasteiger partial charge in [-0.25, -0.2) is 0 Å². The first-order valence-electron chi connectivity index (χ1n) is 51.5. The number of anilines is 17. The van der Waals surface area contributed by atoms with Crippen molar-refractivity contribution in [3.8, 4) is 22.3 Å². The van der Waals surface area contributed by atoms with Gasteiger partial charge < -0.3 is 29.4 Å². The van der Waals surface area contributed by atoms with E-state index in [9.17, 15) is 0 Å². The Labute approximate surface area is 865 Å². The highest BCUT2D eigenvalue weighted by Gasteiger charge is 2.39. The third-order valence-electron chi connectivity index (χ3n) is 29.7. The zero-order chi connectivity index (χ0) is 98.5. The van der Waals surface area contributed by atoms with E-state index in [1.54, 1.807) is 0 Å². The Morgan fingerprint density at radius 3 is 0.851 bits per heavy atom. The molecule has 0 radical (unpaired) electrons. The number of nitrogens with zero attached hydrogens (tertiary/aromatic N) is 6. The molecule has 0 spiro atoms. The van der Waals surface area contributed by atoms with E-state index in [2.05, 4.69) is 618 Å². The van der Waals surface area contributed by atoms with Gasteiger partial charge >= 0.3 is 0 Å². The maximum atomic E-state index is 2.50. The summed E-state index contributed by atoms with van der Waals surface area (Å²) in [5.74, 6) is 0.124. The summed E-state index contributed by atoms with van der Waals surface area (Å²) in [5, 5.41) is 15.4. The van der Waals surface area contributed by atoms with E-state index in [-0.39, 0.29) is 5.92 Å². The molecule has 0 atom stereocenters. The van der Waals surface area contributed by atoms with Gasteiger partial charge in [-0.05, 0) is 317 Å². The van der Waals surface area contributed by atoms with Crippen LogP contribution in [-0.2, 0) is 31.2 Å². The molecule has 6 heteroatoms. The maximum Gasteiger partial charge on any atom is 0.107 e. The fourth-order valence-corrected chi connectivity index (χ4v) is 22.6. The lowest BCUT2D eigenvalue weighted by Crippen LogP contribution is -2.41. The second kappa shape index (κ2) is 40.5. The Morgan fingerprint density at radius 2 is 0.453 bits per heavy atom. The first-order valence-corrected chi connectivity index (χ1v) is 51.5. The van der Waals surface area contributed by atoms with Crippen molar-refractivity contribution in [3.63, 3.8) is 0 Å². The van der Waals surface area contributed by atoms with Gasteiger partial charge in [0.05, 0.1) is 11.4 Å². The van der Waals surface area contributed by atoms with Gasteiger partial charge in [-0.15, -0.1) is 0 Å². The van der Waals surface area contributed by atoms with E-state index in [1.165, 1.54) is 160 Å². The molecule has 0 unspecified atom stereocenters. The van der Waals surface area contributed by atoms with Crippen LogP contribution in [0.2, 0.25) is 0 Å². The summed E-state index contributed by atoms with van der Waals surface area (Å²) in [4.78, 5) is 14.4. The van der Waals surface area contributed by atoms with Crippen molar-refractivity contribution in [1.29, 1.82) is 0 Å². The Morgan fingerprint density at radius 1 is 0.176 bits per heavy atom. The molecule has 0 saturated heterocycles. The summed E-state index contributed by atoms with van der Waals surface area (Å²) in [6.07, 6.45) is 13.9. The number of para-hydroxylation sites is 6. The molecule has 148 heavy (non-hydrogen) atoms. The minimum atomic E-state index is -0.554. The van der Waals surface area contributed by atoms with Crippen LogP contribution in [0.15, 0.2) is 588 Å². The van der Waals surface area contributed by atoms with Crippen LogP contribution < -0.4 is 29.4 Å². The molecule has 0 heterocycles. The van der Waals surface area contributed by atoms with Crippen LogP contribution in [0.1, 0.15) is 39.3 Å². The summed E-state index contributed by atoms with van der Waals surface area (Å²) in [7, 11) is 0. The topological polar surface area (TPSA) is 19.4 Å². The van der Waals surface area contributed by atoms with Crippen LogP contribution in [0.5, 0.6) is 0 Å². The molecule has 6 nitrogen and oxygen atoms in total. The number of allylic oxidation sites excluding steroid dienone is 2. The van der Waals surface area contributed by atoms with Gasteiger partial charge in [0.1, 0.15) is 5.54 Å². The van der Waals surface area contributed by atoms with Gasteiger partial charge in [0.25, 0.3) is 0 Å². The van der Waals surface area contributed by atoms with Crippen molar-refractivity contribution in [2.75, 3.05) is 29.4 Å². The molecule has 3 aliphatic carbocycles. The summed E-state index contributed by atoms with van der Waals surface area (Å²) in [6, 6.07) is 204. The average molecular weight is 1900 g/mol. The first-order chi connectivity index (χ1) is 73.4. The highest BCUT2D eigenvalue weighted by Crippen LogP contribution is 2.52. The van der Waals surface area contributed by atoms with Crippen LogP contribution in [0.3, 0.4) is 0 Å². The molecule has 0 saturated carbocycles. The summed E-state index contributed by atoms with van der Waals surface area (Å²) in [5.41, 5.74) is 32.2. The second-order valence-electron chi connectivity index (χ2n) is 38.5. The Kier molecular flexibility index (Phi) is 24.7. The number of hydrogen-bond acceptors (Lipinski definition) is 6. The van der Waals surface area contributed by atoms with Crippen molar-refractivity contribution in [1.82, 2.24) is 0 Å². The van der Waals surface area contributed by atoms with Gasteiger partial charge in [-0.1, -0.05) is 406 Å². The predicted octanol–water partition coefficient (Wildman–Crippen LogP) is 38.8. The fraction of sp³-hybridized carbons (Fsp3) is 0.0423. The van der Waals surface area contributed by atoms with E-state index in [0.29, 0.717) is 0 Å². The number of rotatable bonds is 22. The summed E-state index contributed by atoms with van der Waals surface area (Å²) < 4.78 is 0. The van der Waals surface area contributed by atoms with Crippen LogP contribution in [0, 0.1) is 0 Å². The van der Waals surface area contributed by atoms with Crippen LogP contribution in [-0.4, -0.2) is 0 Å². The molecule has 0 bridgehead atoms. The number of aryl methyl sites for hydroxylation is 4. The summed E-state index contributed by atoms with van der Waals surface area (Å²) >= 11 is 0. The molecule has 0 aliphatic heterocycles. The smallest absolute Gasteiger partial charge is 0.107 e. The molecular formula is C142H106N6. The standard InChI is InChI=1S/C50H38N2.C48H36N2.C44H32N2/c1-4-20-42(21-5-1)50(52(45-24-8-3-9-25-45)49-29-15-19-41-17-11-13-27-47(41)49)36-34-39(35-37-50)38-30-32-44(33-31-38)51(43-22-6-2-7-23-43)48-28-14-18-40-16-10-12-26-46(40)48;1-3-13-39(14-4-1)49(45-31-23-37-11-7-9-35-21-29-43(45)47(35)37)41-25-17-33(18-26-41)34-19-27-42(28-20-34)50(40-15-5-2-6-16-40)46-32-24-38-12-8-10-36-22-30-44(46)48(36)38;1-3-15-39(16-4-1)45(43-29-23-33-11-7-9-13-37(33)31-43)41-25-19-35(20-26-41)36-21-27-42(28-22-36)46(40-17-5-2-6-18-40)44-30-24-34-12-8-10-14-38(34)32-44/h1-37,39H;1-20,23-28,31-32H,21-22,29-30H2;1-32H. The fourth-order valence-electron chi connectivity index (χ4n) is 22.6. The van der Waals surface area contributed by atoms with Crippen molar-refractivity contribution in [2.24, 2.45) is 0 Å². The van der Waals surface area contributed by atoms with Crippen molar-refractivity contribution in [3.05, 3.63) is 622 Å². The Bertz CT molecular complexity index is 8570. The zero-order valence-corrected chi connectivity index (χ0v) is 82.1. The molecule has 24 aromatic rings. The second-order valence-corrected chi connectivity index (χ2v) is 38.5. The molecule has 0 fully saturated rings. The third kappa shape index (κ3) is 17.8. The Balaban J connectivity index is 0.000000116. The predicted molar refractivity (Wildman–Crippen MR) is 628 cm³/mol. The van der Waals surface area contributed by atoms with Gasteiger partial charge in [0.15, 0.2) is 0 Å². The van der Waals surface area contributed by atoms with E-state index in [0.717, 1.165) is 82.6 Å². The van der Waals surface area contributed by atoms with E-state index >= 15 is 0 Å². The Hall–Kier alpha value is -18.9. The molecule has 24 aromatic carbocycles. The lowest BCUT2D eigenvalue weighted by Gasteiger charge is -2.44. The lowest BCUT2D eigenvalue weighted by molar-refractivity contribution is 0.663. The van der Waals surface area contributed by atoms with Gasteiger partial charge in [0.2, 0.25) is 0 Å². The van der Waals surface area contributed by atoms with Gasteiger partial charge in [-0.3, -0.25) is 0 Å². The number of hydrogen-bond donors (Lipinski definition) is 0. The van der Waals surface area contributed by atoms with Crippen molar-refractivity contribution < 1.29 is 0 Å². The van der Waals surface area contributed by atoms with Crippen molar-refractivity contribution in [2.45, 2.75) is 37.1 Å². The minimum Gasteiger partial charge on any atom is -0.324 e. The van der Waals surface area contributed by atoms with Crippen LogP contribution in [0.4, 0.5) is 96.7 Å². The molecule has 27 rings (SSSR count). The highest BCUT2D eigenvalue weighted by atomic mass is 15.2. The average Bonchev–Trinajstić information content (AvgIpc) is 1.40. The molecule has 0 aromatic heterocycles. The van der Waals surface area contributed by atoms with Crippen molar-refractivity contribution >= 4 is 161 Å². The molecule has 0 amide bonds. The molecule has 3 aliphatic rings. The van der Waals surface area contributed by atoms with Gasteiger partial charge in [0, 0.05) is 102 Å². The normalized spacial score (nSPS) is 13.6.